The van der Waals surface area contributed by atoms with Crippen LogP contribution in [0, 0.1) is 0 Å². The van der Waals surface area contributed by atoms with Gasteiger partial charge in [0, 0.05) is 24.1 Å². The summed E-state index contributed by atoms with van der Waals surface area (Å²) in [4.78, 5) is 0. The number of unbranched alkanes of at least 4 members (excludes halogenated alkanes) is 4. The van der Waals surface area contributed by atoms with Gasteiger partial charge in [-0.2, -0.15) is 0 Å². The third-order valence-electron chi connectivity index (χ3n) is 7.67. The van der Waals surface area contributed by atoms with Crippen LogP contribution in [0.4, 0.5) is 0 Å². The first-order chi connectivity index (χ1) is 18.0. The number of aliphatic hydroxyl groups excluding tert-OH is 1. The maximum atomic E-state index is 11.0. The largest absolute Gasteiger partial charge is 0.508 e. The number of benzene rings is 2. The van der Waals surface area contributed by atoms with Gasteiger partial charge in [0.15, 0.2) is 11.5 Å². The third-order valence-corrected chi connectivity index (χ3v) is 7.67. The lowest BCUT2D eigenvalue weighted by Gasteiger charge is -2.35. The molecular weight excluding hydrogens is 480 g/mol. The molecule has 0 saturated carbocycles. The normalized spacial score (nSPS) is 18.8. The van der Waals surface area contributed by atoms with Crippen LogP contribution in [0.2, 0.25) is 0 Å². The van der Waals surface area contributed by atoms with Crippen LogP contribution in [0.1, 0.15) is 117 Å². The van der Waals surface area contributed by atoms with E-state index in [2.05, 4.69) is 41.5 Å². The van der Waals surface area contributed by atoms with Crippen LogP contribution in [0.25, 0.3) is 0 Å². The molecule has 0 aliphatic carbocycles. The van der Waals surface area contributed by atoms with Crippen LogP contribution in [0.5, 0.6) is 28.7 Å². The summed E-state index contributed by atoms with van der Waals surface area (Å²) in [5.41, 5.74) is 0.539. The van der Waals surface area contributed by atoms with Crippen molar-refractivity contribution in [1.29, 1.82) is 0 Å². The second-order valence-corrected chi connectivity index (χ2v) is 11.6. The molecule has 2 aromatic rings. The molecule has 0 bridgehead atoms. The maximum Gasteiger partial charge on any atom is 0.162 e. The van der Waals surface area contributed by atoms with E-state index in [1.165, 1.54) is 31.4 Å². The SMILES string of the molecule is CCCCCCC(C)(C)Oc1ccc([C@H]2Oc3cc(O)cc(O)c3C[C@H]2O)cc1OC(C)(CC)CCCC. The second-order valence-electron chi connectivity index (χ2n) is 11.6. The summed E-state index contributed by atoms with van der Waals surface area (Å²) in [7, 11) is 0. The van der Waals surface area contributed by atoms with E-state index in [1.807, 2.05) is 18.2 Å². The van der Waals surface area contributed by atoms with Gasteiger partial charge in [-0.1, -0.05) is 52.5 Å². The molecule has 3 N–H and O–H groups in total. The first-order valence-electron chi connectivity index (χ1n) is 14.4. The molecule has 212 valence electrons. The number of fused-ring (bicyclic) bond motifs is 1. The summed E-state index contributed by atoms with van der Waals surface area (Å²) in [5, 5.41) is 31.2. The molecule has 3 rings (SSSR count). The highest BCUT2D eigenvalue weighted by molar-refractivity contribution is 5.52. The Balaban J connectivity index is 1.93. The van der Waals surface area contributed by atoms with Gasteiger partial charge < -0.3 is 29.5 Å². The van der Waals surface area contributed by atoms with Crippen LogP contribution in [0.3, 0.4) is 0 Å². The molecule has 3 atom stereocenters. The Morgan fingerprint density at radius 3 is 2.29 bits per heavy atom. The van der Waals surface area contributed by atoms with Crippen LogP contribution >= 0.6 is 0 Å². The van der Waals surface area contributed by atoms with Gasteiger partial charge in [0.05, 0.1) is 6.10 Å². The molecule has 1 unspecified atom stereocenters. The number of ether oxygens (including phenoxy) is 3. The molecule has 6 nitrogen and oxygen atoms in total. The molecule has 2 aromatic carbocycles. The van der Waals surface area contributed by atoms with Crippen molar-refractivity contribution in [2.75, 3.05) is 0 Å². The fourth-order valence-electron chi connectivity index (χ4n) is 5.06. The maximum absolute atomic E-state index is 11.0. The van der Waals surface area contributed by atoms with Crippen molar-refractivity contribution >= 4 is 0 Å². The third kappa shape index (κ3) is 7.72. The molecule has 0 fully saturated rings. The molecule has 1 aliphatic heterocycles. The molecule has 1 heterocycles. The Hall–Kier alpha value is -2.60. The van der Waals surface area contributed by atoms with Gasteiger partial charge in [-0.3, -0.25) is 0 Å². The molecule has 0 amide bonds. The van der Waals surface area contributed by atoms with E-state index >= 15 is 0 Å². The lowest BCUT2D eigenvalue weighted by Crippen LogP contribution is -2.33. The van der Waals surface area contributed by atoms with Crippen molar-refractivity contribution in [3.8, 4) is 28.7 Å². The average molecular weight is 529 g/mol. The average Bonchev–Trinajstić information content (AvgIpc) is 2.86. The van der Waals surface area contributed by atoms with Gasteiger partial charge in [-0.05, 0) is 70.6 Å². The van der Waals surface area contributed by atoms with Crippen molar-refractivity contribution in [1.82, 2.24) is 0 Å². The molecule has 6 heteroatoms. The summed E-state index contributed by atoms with van der Waals surface area (Å²) in [6.07, 6.45) is 8.30. The van der Waals surface area contributed by atoms with Crippen LogP contribution in [-0.4, -0.2) is 32.6 Å². The first kappa shape index (κ1) is 29.9. The molecule has 0 aromatic heterocycles. The zero-order valence-corrected chi connectivity index (χ0v) is 24.2. The highest BCUT2D eigenvalue weighted by atomic mass is 16.5. The monoisotopic (exact) mass is 528 g/mol. The summed E-state index contributed by atoms with van der Waals surface area (Å²) < 4.78 is 19.4. The number of hydrogen-bond acceptors (Lipinski definition) is 6. The smallest absolute Gasteiger partial charge is 0.162 e. The van der Waals surface area contributed by atoms with E-state index in [-0.39, 0.29) is 29.1 Å². The van der Waals surface area contributed by atoms with E-state index in [9.17, 15) is 15.3 Å². The Kier molecular flexibility index (Phi) is 10.2. The van der Waals surface area contributed by atoms with Crippen LogP contribution in [-0.2, 0) is 6.42 Å². The van der Waals surface area contributed by atoms with Crippen molar-refractivity contribution in [2.45, 2.75) is 129 Å². The summed E-state index contributed by atoms with van der Waals surface area (Å²) in [6.45, 7) is 12.9. The van der Waals surface area contributed by atoms with Gasteiger partial charge in [-0.25, -0.2) is 0 Å². The Morgan fingerprint density at radius 2 is 1.61 bits per heavy atom. The van der Waals surface area contributed by atoms with Crippen molar-refractivity contribution in [3.63, 3.8) is 0 Å². The van der Waals surface area contributed by atoms with Gasteiger partial charge in [-0.15, -0.1) is 0 Å². The number of phenolic OH excluding ortho intramolecular Hbond substituents is 2. The molecule has 0 saturated heterocycles. The van der Waals surface area contributed by atoms with Gasteiger partial charge >= 0.3 is 0 Å². The minimum Gasteiger partial charge on any atom is -0.508 e. The zero-order chi connectivity index (χ0) is 27.9. The highest BCUT2D eigenvalue weighted by Crippen LogP contribution is 2.44. The molecule has 0 radical (unpaired) electrons. The molecule has 0 spiro atoms. The van der Waals surface area contributed by atoms with Crippen LogP contribution in [0.15, 0.2) is 30.3 Å². The molecule has 1 aliphatic rings. The number of rotatable bonds is 14. The number of phenols is 2. The van der Waals surface area contributed by atoms with Gasteiger partial charge in [0.2, 0.25) is 0 Å². The predicted molar refractivity (Wildman–Crippen MR) is 152 cm³/mol. The fraction of sp³-hybridized carbons (Fsp3) is 0.625. The summed E-state index contributed by atoms with van der Waals surface area (Å²) in [6, 6.07) is 8.48. The second kappa shape index (κ2) is 13.0. The Labute approximate surface area is 229 Å². The standard InChI is InChI=1S/C32H48O6/c1-7-10-12-13-16-31(4,5)37-27-15-14-22(18-29(27)38-32(6,9-3)17-11-8-2)30-26(35)21-24-25(34)19-23(33)20-28(24)36-30/h14-15,18-20,26,30,33-35H,7-13,16-17,21H2,1-6H3/t26-,30-,32?/m1/s1. The highest BCUT2D eigenvalue weighted by Gasteiger charge is 2.34. The topological polar surface area (TPSA) is 88.4 Å². The zero-order valence-electron chi connectivity index (χ0n) is 24.2. The quantitative estimate of drug-likeness (QED) is 0.215. The van der Waals surface area contributed by atoms with Crippen molar-refractivity contribution in [3.05, 3.63) is 41.5 Å². The lowest BCUT2D eigenvalue weighted by atomic mass is 9.93. The number of aliphatic hydroxyl groups is 1. The number of hydrogen-bond donors (Lipinski definition) is 3. The van der Waals surface area contributed by atoms with Crippen molar-refractivity contribution in [2.24, 2.45) is 0 Å². The molecular formula is C32H48O6. The Bertz CT molecular complexity index is 1050. The molecule has 38 heavy (non-hydrogen) atoms. The lowest BCUT2D eigenvalue weighted by molar-refractivity contribution is 0.0187. The predicted octanol–water partition coefficient (Wildman–Crippen LogP) is 8.00. The van der Waals surface area contributed by atoms with Gasteiger partial charge in [0.1, 0.15) is 34.6 Å². The van der Waals surface area contributed by atoms with E-state index < -0.39 is 12.2 Å². The fourth-order valence-corrected chi connectivity index (χ4v) is 5.06. The first-order valence-corrected chi connectivity index (χ1v) is 14.4. The summed E-state index contributed by atoms with van der Waals surface area (Å²) in [5.74, 6) is 1.53. The van der Waals surface area contributed by atoms with E-state index in [0.717, 1.165) is 44.1 Å². The van der Waals surface area contributed by atoms with Crippen LogP contribution < -0.4 is 14.2 Å². The summed E-state index contributed by atoms with van der Waals surface area (Å²) >= 11 is 0. The minimum absolute atomic E-state index is 0.0823. The van der Waals surface area contributed by atoms with E-state index in [0.29, 0.717) is 22.8 Å². The number of aromatic hydroxyl groups is 2. The van der Waals surface area contributed by atoms with E-state index in [4.69, 9.17) is 14.2 Å². The van der Waals surface area contributed by atoms with E-state index in [1.54, 1.807) is 0 Å². The Morgan fingerprint density at radius 1 is 0.868 bits per heavy atom. The van der Waals surface area contributed by atoms with Gasteiger partial charge in [0.25, 0.3) is 0 Å². The minimum atomic E-state index is -0.870. The van der Waals surface area contributed by atoms with Crippen molar-refractivity contribution < 1.29 is 29.5 Å².